The maximum atomic E-state index is 12.3. The zero-order chi connectivity index (χ0) is 20.1. The molecular formula is C20H27N3O4. The zero-order valence-corrected chi connectivity index (χ0v) is 16.8. The van der Waals surface area contributed by atoms with E-state index in [1.807, 2.05) is 57.1 Å². The molecule has 7 heteroatoms. The topological polar surface area (TPSA) is 75.9 Å². The first-order chi connectivity index (χ1) is 12.7. The molecule has 1 aromatic carbocycles. The third-order valence-corrected chi connectivity index (χ3v) is 4.24. The Bertz CT molecular complexity index is 794. The Balaban J connectivity index is 1.93. The van der Waals surface area contributed by atoms with Gasteiger partial charge in [-0.05, 0) is 24.6 Å². The molecule has 0 unspecified atom stereocenters. The van der Waals surface area contributed by atoms with Gasteiger partial charge in [-0.25, -0.2) is 4.79 Å². The summed E-state index contributed by atoms with van der Waals surface area (Å²) in [4.78, 5) is 28.2. The maximum absolute atomic E-state index is 12.3. The summed E-state index contributed by atoms with van der Waals surface area (Å²) in [5, 5.41) is 3.82. The highest BCUT2D eigenvalue weighted by atomic mass is 16.5. The molecule has 0 spiro atoms. The molecule has 0 fully saturated rings. The Labute approximate surface area is 159 Å². The van der Waals surface area contributed by atoms with E-state index in [9.17, 15) is 9.59 Å². The van der Waals surface area contributed by atoms with Crippen molar-refractivity contribution in [1.29, 1.82) is 0 Å². The minimum absolute atomic E-state index is 0.00253. The summed E-state index contributed by atoms with van der Waals surface area (Å²) >= 11 is 0. The minimum atomic E-state index is -0.588. The number of anilines is 1. The predicted octanol–water partition coefficient (Wildman–Crippen LogP) is 2.99. The Hall–Kier alpha value is -2.83. The van der Waals surface area contributed by atoms with Gasteiger partial charge in [-0.1, -0.05) is 31.1 Å². The monoisotopic (exact) mass is 373 g/mol. The smallest absolute Gasteiger partial charge is 0.344 e. The fourth-order valence-corrected chi connectivity index (χ4v) is 2.60. The van der Waals surface area contributed by atoms with Crippen molar-refractivity contribution >= 4 is 17.6 Å². The number of carbonyl (C=O) groups excluding carboxylic acids is 2. The number of hydrogen-bond donors (Lipinski definition) is 0. The van der Waals surface area contributed by atoms with Crippen LogP contribution in [0.5, 0.6) is 0 Å². The van der Waals surface area contributed by atoms with E-state index in [-0.39, 0.29) is 18.4 Å². The number of esters is 1. The van der Waals surface area contributed by atoms with E-state index in [0.29, 0.717) is 23.6 Å². The van der Waals surface area contributed by atoms with Crippen LogP contribution >= 0.6 is 0 Å². The summed E-state index contributed by atoms with van der Waals surface area (Å²) < 4.78 is 10.4. The number of ether oxygens (including phenoxy) is 1. The van der Waals surface area contributed by atoms with Crippen molar-refractivity contribution in [1.82, 2.24) is 10.1 Å². The van der Waals surface area contributed by atoms with Gasteiger partial charge in [-0.15, -0.1) is 0 Å². The second-order valence-corrected chi connectivity index (χ2v) is 7.05. The number of carbonyl (C=O) groups is 2. The van der Waals surface area contributed by atoms with Crippen molar-refractivity contribution in [2.24, 2.45) is 0 Å². The lowest BCUT2D eigenvalue weighted by Gasteiger charge is -2.18. The van der Waals surface area contributed by atoms with Crippen LogP contribution in [0.25, 0.3) is 0 Å². The number of amides is 1. The first kappa shape index (κ1) is 20.5. The molecule has 1 amide bonds. The third kappa shape index (κ3) is 5.09. The molecule has 146 valence electrons. The molecule has 1 heterocycles. The normalized spacial score (nSPS) is 10.8. The van der Waals surface area contributed by atoms with E-state index in [0.717, 1.165) is 11.3 Å². The molecule has 7 nitrogen and oxygen atoms in total. The van der Waals surface area contributed by atoms with Crippen molar-refractivity contribution in [3.63, 3.8) is 0 Å². The lowest BCUT2D eigenvalue weighted by atomic mass is 10.1. The van der Waals surface area contributed by atoms with Gasteiger partial charge in [-0.2, -0.15) is 0 Å². The third-order valence-electron chi connectivity index (χ3n) is 4.24. The van der Waals surface area contributed by atoms with Crippen LogP contribution in [0.15, 0.2) is 28.8 Å². The first-order valence-electron chi connectivity index (χ1n) is 8.84. The van der Waals surface area contributed by atoms with Gasteiger partial charge in [0.2, 0.25) is 0 Å². The van der Waals surface area contributed by atoms with Gasteiger partial charge >= 0.3 is 5.97 Å². The van der Waals surface area contributed by atoms with E-state index < -0.39 is 5.97 Å². The number of nitrogens with zero attached hydrogens (tertiary/aromatic N) is 3. The molecular weight excluding hydrogens is 346 g/mol. The number of aryl methyl sites for hydroxylation is 1. The molecule has 0 aliphatic rings. The molecule has 2 aromatic rings. The molecule has 0 bridgehead atoms. The molecule has 0 saturated carbocycles. The SMILES string of the molecule is Cc1noc(C(C)C)c1C(=O)OCC(=O)N(C)Cc1ccc(N(C)C)cc1. The van der Waals surface area contributed by atoms with Gasteiger partial charge in [0.05, 0.1) is 5.69 Å². The molecule has 0 aliphatic heterocycles. The minimum Gasteiger partial charge on any atom is -0.452 e. The summed E-state index contributed by atoms with van der Waals surface area (Å²) in [6.45, 7) is 5.59. The van der Waals surface area contributed by atoms with E-state index in [4.69, 9.17) is 9.26 Å². The first-order valence-corrected chi connectivity index (χ1v) is 8.84. The van der Waals surface area contributed by atoms with Gasteiger partial charge in [0.25, 0.3) is 5.91 Å². The van der Waals surface area contributed by atoms with Crippen LogP contribution in [-0.4, -0.2) is 49.7 Å². The van der Waals surface area contributed by atoms with Crippen LogP contribution in [0.2, 0.25) is 0 Å². The fourth-order valence-electron chi connectivity index (χ4n) is 2.60. The van der Waals surface area contributed by atoms with Crippen molar-refractivity contribution in [2.45, 2.75) is 33.2 Å². The molecule has 0 radical (unpaired) electrons. The van der Waals surface area contributed by atoms with Crippen LogP contribution in [-0.2, 0) is 16.1 Å². The quantitative estimate of drug-likeness (QED) is 0.695. The standard InChI is InChI=1S/C20H27N3O4/c1-13(2)19-18(14(3)21-27-19)20(25)26-12-17(24)23(6)11-15-7-9-16(10-8-15)22(4)5/h7-10,13H,11-12H2,1-6H3. The second-order valence-electron chi connectivity index (χ2n) is 7.05. The van der Waals surface area contributed by atoms with Crippen LogP contribution in [0.1, 0.15) is 47.1 Å². The molecule has 0 atom stereocenters. The van der Waals surface area contributed by atoms with Crippen molar-refractivity contribution in [3.05, 3.63) is 46.8 Å². The highest BCUT2D eigenvalue weighted by Crippen LogP contribution is 2.23. The summed E-state index contributed by atoms with van der Waals surface area (Å²) in [6, 6.07) is 7.94. The van der Waals surface area contributed by atoms with Gasteiger partial charge in [0.1, 0.15) is 5.56 Å². The Morgan fingerprint density at radius 3 is 2.33 bits per heavy atom. The van der Waals surface area contributed by atoms with Crippen molar-refractivity contribution < 1.29 is 18.8 Å². The average Bonchev–Trinajstić information content (AvgIpc) is 3.01. The van der Waals surface area contributed by atoms with Crippen molar-refractivity contribution in [2.75, 3.05) is 32.6 Å². The molecule has 0 N–H and O–H groups in total. The van der Waals surface area contributed by atoms with Crippen LogP contribution in [0.3, 0.4) is 0 Å². The van der Waals surface area contributed by atoms with Gasteiger partial charge < -0.3 is 19.1 Å². The highest BCUT2D eigenvalue weighted by Gasteiger charge is 2.24. The second kappa shape index (κ2) is 8.70. The molecule has 0 aliphatic carbocycles. The van der Waals surface area contributed by atoms with E-state index in [1.54, 1.807) is 14.0 Å². The van der Waals surface area contributed by atoms with Crippen LogP contribution in [0, 0.1) is 6.92 Å². The zero-order valence-electron chi connectivity index (χ0n) is 16.8. The molecule has 1 aromatic heterocycles. The molecule has 2 rings (SSSR count). The highest BCUT2D eigenvalue weighted by molar-refractivity contribution is 5.93. The van der Waals surface area contributed by atoms with Crippen molar-refractivity contribution in [3.8, 4) is 0 Å². The summed E-state index contributed by atoms with van der Waals surface area (Å²) in [5.41, 5.74) is 2.86. The molecule has 0 saturated heterocycles. The number of aromatic nitrogens is 1. The largest absolute Gasteiger partial charge is 0.452 e. The summed E-state index contributed by atoms with van der Waals surface area (Å²) in [6.07, 6.45) is 0. The Morgan fingerprint density at radius 1 is 1.15 bits per heavy atom. The summed E-state index contributed by atoms with van der Waals surface area (Å²) in [7, 11) is 5.63. The summed E-state index contributed by atoms with van der Waals surface area (Å²) in [5.74, 6) is -0.397. The fraction of sp³-hybridized carbons (Fsp3) is 0.450. The predicted molar refractivity (Wildman–Crippen MR) is 103 cm³/mol. The van der Waals surface area contributed by atoms with Gasteiger partial charge in [0.15, 0.2) is 12.4 Å². The van der Waals surface area contributed by atoms with E-state index in [1.165, 1.54) is 4.90 Å². The van der Waals surface area contributed by atoms with Crippen LogP contribution < -0.4 is 4.90 Å². The Kier molecular flexibility index (Phi) is 6.60. The number of benzene rings is 1. The number of hydrogen-bond acceptors (Lipinski definition) is 6. The Morgan fingerprint density at radius 2 is 1.78 bits per heavy atom. The van der Waals surface area contributed by atoms with Gasteiger partial charge in [-0.3, -0.25) is 4.79 Å². The number of rotatable bonds is 7. The van der Waals surface area contributed by atoms with E-state index in [2.05, 4.69) is 5.16 Å². The van der Waals surface area contributed by atoms with Gasteiger partial charge in [0, 0.05) is 39.3 Å². The van der Waals surface area contributed by atoms with Crippen LogP contribution in [0.4, 0.5) is 5.69 Å². The number of likely N-dealkylation sites (N-methyl/N-ethyl adjacent to an activating group) is 1. The lowest BCUT2D eigenvalue weighted by Crippen LogP contribution is -2.31. The van der Waals surface area contributed by atoms with E-state index >= 15 is 0 Å². The maximum Gasteiger partial charge on any atom is 0.344 e. The lowest BCUT2D eigenvalue weighted by molar-refractivity contribution is -0.133. The average molecular weight is 373 g/mol. The molecule has 27 heavy (non-hydrogen) atoms.